The smallest absolute Gasteiger partial charge is 0.329 e. The Hall–Kier alpha value is -1.63. The van der Waals surface area contributed by atoms with Crippen molar-refractivity contribution in [3.8, 4) is 0 Å². The molecular formula is C10H12N4O2S. The van der Waals surface area contributed by atoms with E-state index in [0.29, 0.717) is 10.3 Å². The second-order valence-corrected chi connectivity index (χ2v) is 5.14. The van der Waals surface area contributed by atoms with E-state index in [0.717, 1.165) is 35.6 Å². The standard InChI is InChI=1S/C10H12N4O2S/c1-13-8(15)6-7(11-9(13)16)12-10(17-6)14-4-2-3-5-14/h2-5H2,1H3,(H,11,16). The maximum Gasteiger partial charge on any atom is 0.329 e. The molecule has 1 aliphatic heterocycles. The van der Waals surface area contributed by atoms with Gasteiger partial charge in [-0.05, 0) is 12.8 Å². The van der Waals surface area contributed by atoms with Crippen LogP contribution in [0.2, 0.25) is 0 Å². The van der Waals surface area contributed by atoms with E-state index in [1.54, 1.807) is 0 Å². The van der Waals surface area contributed by atoms with E-state index in [1.807, 2.05) is 0 Å². The molecule has 0 bridgehead atoms. The summed E-state index contributed by atoms with van der Waals surface area (Å²) >= 11 is 1.36. The lowest BCUT2D eigenvalue weighted by molar-refractivity contribution is 0.793. The van der Waals surface area contributed by atoms with Crippen LogP contribution in [0.25, 0.3) is 10.3 Å². The fraction of sp³-hybridized carbons (Fsp3) is 0.500. The van der Waals surface area contributed by atoms with Crippen molar-refractivity contribution in [2.24, 2.45) is 7.05 Å². The molecule has 0 radical (unpaired) electrons. The van der Waals surface area contributed by atoms with Crippen LogP contribution in [0.4, 0.5) is 5.13 Å². The topological polar surface area (TPSA) is 71.0 Å². The summed E-state index contributed by atoms with van der Waals surface area (Å²) in [5.74, 6) is 0. The van der Waals surface area contributed by atoms with Gasteiger partial charge in [0.2, 0.25) is 0 Å². The lowest BCUT2D eigenvalue weighted by atomic mass is 10.4. The van der Waals surface area contributed by atoms with E-state index in [9.17, 15) is 9.59 Å². The highest BCUT2D eigenvalue weighted by molar-refractivity contribution is 7.22. The molecule has 0 saturated carbocycles. The third-order valence-electron chi connectivity index (χ3n) is 3.02. The molecule has 7 heteroatoms. The molecule has 17 heavy (non-hydrogen) atoms. The number of hydrogen-bond donors (Lipinski definition) is 1. The molecule has 0 unspecified atom stereocenters. The highest BCUT2D eigenvalue weighted by atomic mass is 32.1. The predicted molar refractivity (Wildman–Crippen MR) is 66.9 cm³/mol. The van der Waals surface area contributed by atoms with Gasteiger partial charge >= 0.3 is 5.69 Å². The molecule has 1 aliphatic rings. The number of hydrogen-bond acceptors (Lipinski definition) is 5. The van der Waals surface area contributed by atoms with Crippen LogP contribution >= 0.6 is 11.3 Å². The Balaban J connectivity index is 2.22. The van der Waals surface area contributed by atoms with E-state index in [1.165, 1.54) is 18.4 Å². The first-order chi connectivity index (χ1) is 8.16. The molecule has 90 valence electrons. The van der Waals surface area contributed by atoms with Crippen molar-refractivity contribution in [2.75, 3.05) is 18.0 Å². The first-order valence-corrected chi connectivity index (χ1v) is 6.33. The lowest BCUT2D eigenvalue weighted by Gasteiger charge is -2.11. The Morgan fingerprint density at radius 2 is 2.00 bits per heavy atom. The molecular weight excluding hydrogens is 240 g/mol. The summed E-state index contributed by atoms with van der Waals surface area (Å²) in [4.78, 5) is 32.4. The Kier molecular flexibility index (Phi) is 2.29. The van der Waals surface area contributed by atoms with Crippen molar-refractivity contribution in [1.29, 1.82) is 0 Å². The first-order valence-electron chi connectivity index (χ1n) is 5.51. The Bertz CT molecular complexity index is 678. The van der Waals surface area contributed by atoms with E-state index >= 15 is 0 Å². The van der Waals surface area contributed by atoms with Crippen LogP contribution in [0.5, 0.6) is 0 Å². The van der Waals surface area contributed by atoms with Crippen molar-refractivity contribution in [3.05, 3.63) is 20.8 Å². The highest BCUT2D eigenvalue weighted by Crippen LogP contribution is 2.27. The Morgan fingerprint density at radius 3 is 2.71 bits per heavy atom. The average molecular weight is 252 g/mol. The third-order valence-corrected chi connectivity index (χ3v) is 4.13. The molecule has 0 amide bonds. The van der Waals surface area contributed by atoms with Crippen LogP contribution < -0.4 is 16.1 Å². The molecule has 3 rings (SSSR count). The maximum absolute atomic E-state index is 11.9. The quantitative estimate of drug-likeness (QED) is 0.791. The zero-order chi connectivity index (χ0) is 12.0. The number of anilines is 1. The molecule has 3 heterocycles. The van der Waals surface area contributed by atoms with Crippen molar-refractivity contribution in [2.45, 2.75) is 12.8 Å². The third kappa shape index (κ3) is 1.57. The molecule has 2 aromatic heterocycles. The van der Waals surface area contributed by atoms with Gasteiger partial charge < -0.3 is 4.90 Å². The van der Waals surface area contributed by atoms with E-state index in [4.69, 9.17) is 0 Å². The van der Waals surface area contributed by atoms with Crippen LogP contribution in [0.15, 0.2) is 9.59 Å². The average Bonchev–Trinajstić information content (AvgIpc) is 2.93. The number of nitrogens with one attached hydrogen (secondary N) is 1. The fourth-order valence-electron chi connectivity index (χ4n) is 2.01. The van der Waals surface area contributed by atoms with Crippen LogP contribution in [0.1, 0.15) is 12.8 Å². The van der Waals surface area contributed by atoms with Gasteiger partial charge in [0.05, 0.1) is 0 Å². The van der Waals surface area contributed by atoms with Gasteiger partial charge in [0.1, 0.15) is 4.70 Å². The summed E-state index contributed by atoms with van der Waals surface area (Å²) < 4.78 is 1.60. The predicted octanol–water partition coefficient (Wildman–Crippen LogP) is 0.283. The molecule has 6 nitrogen and oxygen atoms in total. The number of rotatable bonds is 1. The van der Waals surface area contributed by atoms with Gasteiger partial charge in [-0.1, -0.05) is 11.3 Å². The molecule has 0 aliphatic carbocycles. The van der Waals surface area contributed by atoms with Gasteiger partial charge in [-0.15, -0.1) is 0 Å². The zero-order valence-electron chi connectivity index (χ0n) is 9.39. The number of fused-ring (bicyclic) bond motifs is 1. The van der Waals surface area contributed by atoms with E-state index in [-0.39, 0.29) is 5.56 Å². The lowest BCUT2D eigenvalue weighted by Crippen LogP contribution is -2.31. The van der Waals surface area contributed by atoms with Crippen LogP contribution in [-0.4, -0.2) is 27.6 Å². The number of aromatic nitrogens is 3. The monoisotopic (exact) mass is 252 g/mol. The molecule has 1 saturated heterocycles. The summed E-state index contributed by atoms with van der Waals surface area (Å²) in [6.45, 7) is 1.95. The number of thiazole rings is 1. The van der Waals surface area contributed by atoms with Gasteiger partial charge in [-0.25, -0.2) is 9.78 Å². The molecule has 0 spiro atoms. The Morgan fingerprint density at radius 1 is 1.29 bits per heavy atom. The largest absolute Gasteiger partial charge is 0.348 e. The van der Waals surface area contributed by atoms with Gasteiger partial charge in [-0.3, -0.25) is 14.3 Å². The van der Waals surface area contributed by atoms with Crippen molar-refractivity contribution < 1.29 is 0 Å². The highest BCUT2D eigenvalue weighted by Gasteiger charge is 2.18. The van der Waals surface area contributed by atoms with Crippen LogP contribution in [-0.2, 0) is 7.05 Å². The summed E-state index contributed by atoms with van der Waals surface area (Å²) in [5.41, 5.74) is -0.280. The number of aromatic amines is 1. The fourth-order valence-corrected chi connectivity index (χ4v) is 3.06. The van der Waals surface area contributed by atoms with Crippen molar-refractivity contribution in [1.82, 2.24) is 14.5 Å². The minimum atomic E-state index is -0.416. The van der Waals surface area contributed by atoms with Gasteiger partial charge in [0, 0.05) is 20.1 Å². The van der Waals surface area contributed by atoms with Gasteiger partial charge in [-0.2, -0.15) is 0 Å². The normalized spacial score (nSPS) is 15.9. The second-order valence-electron chi connectivity index (χ2n) is 4.16. The molecule has 0 aromatic carbocycles. The Labute approximate surface area is 101 Å². The van der Waals surface area contributed by atoms with Gasteiger partial charge in [0.15, 0.2) is 10.8 Å². The summed E-state index contributed by atoms with van der Waals surface area (Å²) in [5, 5.41) is 0.830. The van der Waals surface area contributed by atoms with Gasteiger partial charge in [0.25, 0.3) is 5.56 Å². The number of H-pyrrole nitrogens is 1. The van der Waals surface area contributed by atoms with E-state index in [2.05, 4.69) is 14.9 Å². The molecule has 2 aromatic rings. The minimum absolute atomic E-state index is 0.272. The molecule has 1 N–H and O–H groups in total. The summed E-state index contributed by atoms with van der Waals surface area (Å²) in [6, 6.07) is 0. The molecule has 0 atom stereocenters. The number of nitrogens with zero attached hydrogens (tertiary/aromatic N) is 3. The molecule has 1 fully saturated rings. The van der Waals surface area contributed by atoms with Crippen molar-refractivity contribution >= 4 is 26.8 Å². The second kappa shape index (κ2) is 3.69. The summed E-state index contributed by atoms with van der Waals surface area (Å²) in [6.07, 6.45) is 2.31. The first kappa shape index (κ1) is 10.5. The summed E-state index contributed by atoms with van der Waals surface area (Å²) in [7, 11) is 1.47. The van der Waals surface area contributed by atoms with Crippen molar-refractivity contribution in [3.63, 3.8) is 0 Å². The van der Waals surface area contributed by atoms with E-state index < -0.39 is 5.69 Å². The van der Waals surface area contributed by atoms with Crippen LogP contribution in [0, 0.1) is 0 Å². The SMILES string of the molecule is Cn1c(=O)[nH]c2nc(N3CCCC3)sc2c1=O. The maximum atomic E-state index is 11.9. The van der Waals surface area contributed by atoms with Crippen LogP contribution in [0.3, 0.4) is 0 Å². The minimum Gasteiger partial charge on any atom is -0.348 e. The zero-order valence-corrected chi connectivity index (χ0v) is 10.2.